The van der Waals surface area contributed by atoms with Gasteiger partial charge in [0.2, 0.25) is 5.88 Å². The number of fused-ring (bicyclic) bond motifs is 1. The highest BCUT2D eigenvalue weighted by Gasteiger charge is 2.17. The topological polar surface area (TPSA) is 55.3 Å². The van der Waals surface area contributed by atoms with Crippen molar-refractivity contribution < 1.29 is 13.9 Å². The van der Waals surface area contributed by atoms with Crippen LogP contribution >= 0.6 is 11.3 Å². The Balaban J connectivity index is 1.54. The smallest absolute Gasteiger partial charge is 0.260 e. The van der Waals surface area contributed by atoms with Gasteiger partial charge in [0.25, 0.3) is 5.91 Å². The molecule has 2 aromatic heterocycles. The number of carbonyl (C=O) groups excluding carboxylic acids is 1. The van der Waals surface area contributed by atoms with Crippen LogP contribution in [0.5, 0.6) is 5.88 Å². The lowest BCUT2D eigenvalue weighted by atomic mass is 10.1. The fourth-order valence-corrected chi connectivity index (χ4v) is 4.11. The first-order chi connectivity index (χ1) is 14.7. The molecule has 0 atom stereocenters. The maximum atomic E-state index is 13.3. The normalized spacial score (nSPS) is 10.9. The molecule has 0 unspecified atom stereocenters. The molecule has 0 aliphatic carbocycles. The highest BCUT2D eigenvalue weighted by molar-refractivity contribution is 7.17. The number of thiophene rings is 1. The van der Waals surface area contributed by atoms with Gasteiger partial charge in [-0.1, -0.05) is 42.5 Å². The predicted molar refractivity (Wildman–Crippen MR) is 116 cm³/mol. The summed E-state index contributed by atoms with van der Waals surface area (Å²) >= 11 is 1.45. The molecule has 0 bridgehead atoms. The third kappa shape index (κ3) is 4.31. The molecule has 2 aromatic carbocycles. The van der Waals surface area contributed by atoms with E-state index in [9.17, 15) is 9.18 Å². The van der Waals surface area contributed by atoms with Crippen molar-refractivity contribution >= 4 is 27.5 Å². The van der Waals surface area contributed by atoms with E-state index in [1.165, 1.54) is 29.8 Å². The van der Waals surface area contributed by atoms with E-state index in [1.807, 2.05) is 42.6 Å². The molecule has 0 saturated carbocycles. The number of rotatable bonds is 7. The lowest BCUT2D eigenvalue weighted by Gasteiger charge is -2.21. The minimum absolute atomic E-state index is 0.119. The van der Waals surface area contributed by atoms with Gasteiger partial charge < -0.3 is 9.64 Å². The quantitative estimate of drug-likeness (QED) is 0.425. The van der Waals surface area contributed by atoms with E-state index >= 15 is 0 Å². The monoisotopic (exact) mass is 421 g/mol. The molecule has 5 nitrogen and oxygen atoms in total. The number of hydrogen-bond acceptors (Lipinski definition) is 5. The molecule has 4 aromatic rings. The number of halogens is 1. The van der Waals surface area contributed by atoms with Gasteiger partial charge >= 0.3 is 0 Å². The molecular formula is C23H20FN3O2S. The summed E-state index contributed by atoms with van der Waals surface area (Å²) in [5, 5.41) is 2.67. The van der Waals surface area contributed by atoms with Gasteiger partial charge in [-0.05, 0) is 30.2 Å². The van der Waals surface area contributed by atoms with Crippen LogP contribution in [0, 0.1) is 5.82 Å². The van der Waals surface area contributed by atoms with E-state index in [4.69, 9.17) is 4.74 Å². The van der Waals surface area contributed by atoms with E-state index in [1.54, 1.807) is 17.0 Å². The second kappa shape index (κ2) is 9.00. The molecule has 4 rings (SSSR count). The summed E-state index contributed by atoms with van der Waals surface area (Å²) < 4.78 is 19.1. The van der Waals surface area contributed by atoms with Crippen molar-refractivity contribution in [3.8, 4) is 17.0 Å². The molecule has 0 spiro atoms. The summed E-state index contributed by atoms with van der Waals surface area (Å²) in [6, 6.07) is 16.1. The summed E-state index contributed by atoms with van der Waals surface area (Å²) in [6.45, 7) is 2.92. The Labute approximate surface area is 177 Å². The second-order valence-corrected chi connectivity index (χ2v) is 7.56. The molecule has 1 amide bonds. The standard InChI is InChI=1S/C23H20FN3O2S/c1-2-27(12-16-6-4-3-5-7-16)20(28)13-29-22-21-19(14-30-23(21)26-15-25-22)17-8-10-18(24)11-9-17/h3-11,14-15H,2,12-13H2,1H3. The van der Waals surface area contributed by atoms with Crippen LogP contribution in [-0.2, 0) is 11.3 Å². The Morgan fingerprint density at radius 3 is 2.60 bits per heavy atom. The van der Waals surface area contributed by atoms with Crippen LogP contribution in [0.2, 0.25) is 0 Å². The average molecular weight is 421 g/mol. The van der Waals surface area contributed by atoms with Crippen LogP contribution in [-0.4, -0.2) is 33.9 Å². The molecule has 152 valence electrons. The van der Waals surface area contributed by atoms with Crippen molar-refractivity contribution in [2.45, 2.75) is 13.5 Å². The lowest BCUT2D eigenvalue weighted by molar-refractivity contribution is -0.133. The molecular weight excluding hydrogens is 401 g/mol. The Morgan fingerprint density at radius 1 is 1.10 bits per heavy atom. The van der Waals surface area contributed by atoms with Crippen molar-refractivity contribution in [3.05, 3.63) is 77.7 Å². The SMILES string of the molecule is CCN(Cc1ccccc1)C(=O)COc1ncnc2scc(-c3ccc(F)cc3)c12. The molecule has 0 N–H and O–H groups in total. The minimum atomic E-state index is -0.297. The van der Waals surface area contributed by atoms with Crippen LogP contribution in [0.4, 0.5) is 4.39 Å². The van der Waals surface area contributed by atoms with Gasteiger partial charge in [0.15, 0.2) is 6.61 Å². The molecule has 2 heterocycles. The van der Waals surface area contributed by atoms with Crippen LogP contribution in [0.3, 0.4) is 0 Å². The number of carbonyl (C=O) groups is 1. The van der Waals surface area contributed by atoms with Crippen molar-refractivity contribution in [3.63, 3.8) is 0 Å². The van der Waals surface area contributed by atoms with E-state index < -0.39 is 0 Å². The maximum Gasteiger partial charge on any atom is 0.260 e. The zero-order valence-electron chi connectivity index (χ0n) is 16.4. The summed E-state index contributed by atoms with van der Waals surface area (Å²) in [5.74, 6) is -0.0638. The molecule has 0 aliphatic rings. The van der Waals surface area contributed by atoms with Crippen molar-refractivity contribution in [1.82, 2.24) is 14.9 Å². The molecule has 0 radical (unpaired) electrons. The van der Waals surface area contributed by atoms with Gasteiger partial charge in [0, 0.05) is 24.0 Å². The van der Waals surface area contributed by atoms with Gasteiger partial charge in [-0.2, -0.15) is 0 Å². The average Bonchev–Trinajstić information content (AvgIpc) is 3.22. The highest BCUT2D eigenvalue weighted by atomic mass is 32.1. The number of nitrogens with zero attached hydrogens (tertiary/aromatic N) is 3. The fraction of sp³-hybridized carbons (Fsp3) is 0.174. The van der Waals surface area contributed by atoms with Gasteiger partial charge in [-0.15, -0.1) is 11.3 Å². The van der Waals surface area contributed by atoms with Gasteiger partial charge in [0.1, 0.15) is 17.0 Å². The molecule has 0 aliphatic heterocycles. The number of hydrogen-bond donors (Lipinski definition) is 0. The van der Waals surface area contributed by atoms with Gasteiger partial charge in [-0.25, -0.2) is 14.4 Å². The zero-order chi connectivity index (χ0) is 20.9. The predicted octanol–water partition coefficient (Wildman–Crippen LogP) is 4.92. The number of likely N-dealkylation sites (N-methyl/N-ethyl adjacent to an activating group) is 1. The number of aromatic nitrogens is 2. The van der Waals surface area contributed by atoms with Crippen LogP contribution < -0.4 is 4.74 Å². The summed E-state index contributed by atoms with van der Waals surface area (Å²) in [4.78, 5) is 23.8. The number of ether oxygens (including phenoxy) is 1. The second-order valence-electron chi connectivity index (χ2n) is 6.70. The first-order valence-electron chi connectivity index (χ1n) is 9.58. The Morgan fingerprint density at radius 2 is 1.87 bits per heavy atom. The fourth-order valence-electron chi connectivity index (χ4n) is 3.20. The zero-order valence-corrected chi connectivity index (χ0v) is 17.2. The van der Waals surface area contributed by atoms with Crippen molar-refractivity contribution in [1.29, 1.82) is 0 Å². The summed E-state index contributed by atoms with van der Waals surface area (Å²) in [7, 11) is 0. The van der Waals surface area contributed by atoms with Gasteiger partial charge in [-0.3, -0.25) is 4.79 Å². The Hall–Kier alpha value is -3.32. The van der Waals surface area contributed by atoms with Gasteiger partial charge in [0.05, 0.1) is 5.39 Å². The molecule has 0 saturated heterocycles. The first-order valence-corrected chi connectivity index (χ1v) is 10.5. The minimum Gasteiger partial charge on any atom is -0.467 e. The number of amides is 1. The Bertz CT molecular complexity index is 1150. The number of benzene rings is 2. The Kier molecular flexibility index (Phi) is 5.99. The first kappa shape index (κ1) is 20.0. The van der Waals surface area contributed by atoms with E-state index in [0.717, 1.165) is 26.9 Å². The lowest BCUT2D eigenvalue weighted by Crippen LogP contribution is -2.34. The van der Waals surface area contributed by atoms with E-state index in [2.05, 4.69) is 9.97 Å². The molecule has 30 heavy (non-hydrogen) atoms. The third-order valence-electron chi connectivity index (χ3n) is 4.77. The highest BCUT2D eigenvalue weighted by Crippen LogP contribution is 2.37. The van der Waals surface area contributed by atoms with Crippen LogP contribution in [0.1, 0.15) is 12.5 Å². The summed E-state index contributed by atoms with van der Waals surface area (Å²) in [6.07, 6.45) is 1.43. The summed E-state index contributed by atoms with van der Waals surface area (Å²) in [5.41, 5.74) is 2.76. The van der Waals surface area contributed by atoms with E-state index in [0.29, 0.717) is 19.0 Å². The van der Waals surface area contributed by atoms with E-state index in [-0.39, 0.29) is 18.3 Å². The van der Waals surface area contributed by atoms with Crippen LogP contribution in [0.15, 0.2) is 66.3 Å². The van der Waals surface area contributed by atoms with Crippen LogP contribution in [0.25, 0.3) is 21.3 Å². The molecule has 0 fully saturated rings. The third-order valence-corrected chi connectivity index (χ3v) is 5.66. The van der Waals surface area contributed by atoms with Crippen molar-refractivity contribution in [2.24, 2.45) is 0 Å². The molecule has 7 heteroatoms. The largest absolute Gasteiger partial charge is 0.467 e. The van der Waals surface area contributed by atoms with Crippen molar-refractivity contribution in [2.75, 3.05) is 13.2 Å². The maximum absolute atomic E-state index is 13.3.